The molecule has 0 aromatic carbocycles. The van der Waals surface area contributed by atoms with Crippen molar-refractivity contribution >= 4 is 40.6 Å². The van der Waals surface area contributed by atoms with Gasteiger partial charge in [-0.15, -0.1) is 11.3 Å². The maximum absolute atomic E-state index is 11.9. The molecule has 2 aromatic heterocycles. The van der Waals surface area contributed by atoms with Gasteiger partial charge in [-0.2, -0.15) is 11.3 Å². The first kappa shape index (κ1) is 14.5. The van der Waals surface area contributed by atoms with E-state index in [-0.39, 0.29) is 5.91 Å². The number of rotatable bonds is 6. The van der Waals surface area contributed by atoms with Gasteiger partial charge in [0.2, 0.25) is 0 Å². The highest BCUT2D eigenvalue weighted by Crippen LogP contribution is 2.17. The number of carboxylic acids is 1. The highest BCUT2D eigenvalue weighted by molar-refractivity contribution is 7.14. The zero-order valence-corrected chi connectivity index (χ0v) is 12.2. The second kappa shape index (κ2) is 7.02. The summed E-state index contributed by atoms with van der Waals surface area (Å²) in [7, 11) is 0. The molecule has 0 unspecified atom stereocenters. The van der Waals surface area contributed by atoms with E-state index < -0.39 is 5.97 Å². The Hall–Kier alpha value is -1.92. The standard InChI is InChI=1S/C14H13NO3S2/c16-13(17)4-2-11-1-3-12(20-11)14(18)15-7-5-10-6-8-19-9-10/h1-4,6,8-9H,5,7H2,(H,15,18)(H,16,17). The van der Waals surface area contributed by atoms with E-state index in [9.17, 15) is 9.59 Å². The fourth-order valence-corrected chi connectivity index (χ4v) is 3.09. The first-order valence-electron chi connectivity index (χ1n) is 5.95. The molecule has 104 valence electrons. The first-order valence-corrected chi connectivity index (χ1v) is 7.71. The van der Waals surface area contributed by atoms with Crippen LogP contribution in [0.4, 0.5) is 0 Å². The van der Waals surface area contributed by atoms with E-state index in [1.807, 2.05) is 11.4 Å². The van der Waals surface area contributed by atoms with Crippen molar-refractivity contribution in [1.82, 2.24) is 5.32 Å². The number of thiophene rings is 2. The summed E-state index contributed by atoms with van der Waals surface area (Å²) in [5.74, 6) is -1.12. The van der Waals surface area contributed by atoms with Gasteiger partial charge in [0.25, 0.3) is 5.91 Å². The number of carboxylic acid groups (broad SMARTS) is 1. The maximum atomic E-state index is 11.9. The largest absolute Gasteiger partial charge is 0.478 e. The lowest BCUT2D eigenvalue weighted by atomic mass is 10.2. The molecule has 6 heteroatoms. The van der Waals surface area contributed by atoms with Gasteiger partial charge in [-0.25, -0.2) is 4.79 Å². The average molecular weight is 307 g/mol. The van der Waals surface area contributed by atoms with E-state index in [2.05, 4.69) is 10.7 Å². The number of hydrogen-bond acceptors (Lipinski definition) is 4. The summed E-state index contributed by atoms with van der Waals surface area (Å²) in [5, 5.41) is 15.5. The van der Waals surface area contributed by atoms with E-state index in [4.69, 9.17) is 5.11 Å². The topological polar surface area (TPSA) is 66.4 Å². The minimum absolute atomic E-state index is 0.125. The van der Waals surface area contributed by atoms with Crippen LogP contribution in [0.5, 0.6) is 0 Å². The minimum Gasteiger partial charge on any atom is -0.478 e. The van der Waals surface area contributed by atoms with Gasteiger partial charge < -0.3 is 10.4 Å². The molecule has 0 saturated heterocycles. The monoisotopic (exact) mass is 307 g/mol. The van der Waals surface area contributed by atoms with Crippen LogP contribution in [0.1, 0.15) is 20.1 Å². The lowest BCUT2D eigenvalue weighted by Crippen LogP contribution is -2.24. The molecule has 20 heavy (non-hydrogen) atoms. The molecule has 0 aliphatic heterocycles. The number of aliphatic carboxylic acids is 1. The highest BCUT2D eigenvalue weighted by atomic mass is 32.1. The quantitative estimate of drug-likeness (QED) is 0.806. The van der Waals surface area contributed by atoms with Crippen molar-refractivity contribution in [2.24, 2.45) is 0 Å². The predicted octanol–water partition coefficient (Wildman–Crippen LogP) is 2.88. The van der Waals surface area contributed by atoms with Gasteiger partial charge in [-0.1, -0.05) is 0 Å². The van der Waals surface area contributed by atoms with Crippen LogP contribution in [0.15, 0.2) is 35.0 Å². The summed E-state index contributed by atoms with van der Waals surface area (Å²) < 4.78 is 0. The Morgan fingerprint density at radius 2 is 2.15 bits per heavy atom. The molecule has 2 rings (SSSR count). The summed E-state index contributed by atoms with van der Waals surface area (Å²) in [6, 6.07) is 5.47. The molecule has 0 radical (unpaired) electrons. The number of carbonyl (C=O) groups is 2. The van der Waals surface area contributed by atoms with Gasteiger partial charge >= 0.3 is 5.97 Å². The van der Waals surface area contributed by atoms with Gasteiger partial charge in [0.05, 0.1) is 4.88 Å². The molecule has 2 N–H and O–H groups in total. The zero-order chi connectivity index (χ0) is 14.4. The molecule has 1 amide bonds. The second-order valence-corrected chi connectivity index (χ2v) is 5.91. The summed E-state index contributed by atoms with van der Waals surface area (Å²) in [6.07, 6.45) is 3.35. The maximum Gasteiger partial charge on any atom is 0.328 e. The Bertz CT molecular complexity index is 614. The summed E-state index contributed by atoms with van der Waals surface area (Å²) in [4.78, 5) is 23.6. The molecule has 4 nitrogen and oxygen atoms in total. The van der Waals surface area contributed by atoms with Crippen molar-refractivity contribution in [1.29, 1.82) is 0 Å². The highest BCUT2D eigenvalue weighted by Gasteiger charge is 2.07. The van der Waals surface area contributed by atoms with E-state index in [0.717, 1.165) is 17.4 Å². The SMILES string of the molecule is O=C(O)C=Cc1ccc(C(=O)NCCc2ccsc2)s1. The predicted molar refractivity (Wildman–Crippen MR) is 81.3 cm³/mol. The van der Waals surface area contributed by atoms with E-state index in [1.165, 1.54) is 23.0 Å². The van der Waals surface area contributed by atoms with Gasteiger partial charge in [0.1, 0.15) is 0 Å². The Morgan fingerprint density at radius 1 is 1.30 bits per heavy atom. The smallest absolute Gasteiger partial charge is 0.328 e. The summed E-state index contributed by atoms with van der Waals surface area (Å²) >= 11 is 2.91. The number of hydrogen-bond donors (Lipinski definition) is 2. The van der Waals surface area contributed by atoms with Crippen LogP contribution >= 0.6 is 22.7 Å². The molecule has 0 aliphatic carbocycles. The molecule has 2 heterocycles. The lowest BCUT2D eigenvalue weighted by molar-refractivity contribution is -0.131. The molecule has 0 bridgehead atoms. The van der Waals surface area contributed by atoms with Crippen molar-refractivity contribution in [3.63, 3.8) is 0 Å². The zero-order valence-electron chi connectivity index (χ0n) is 10.5. The Balaban J connectivity index is 1.84. The molecule has 2 aromatic rings. The molecular formula is C14H13NO3S2. The van der Waals surface area contributed by atoms with E-state index in [1.54, 1.807) is 23.5 Å². The van der Waals surface area contributed by atoms with Crippen LogP contribution in [0.25, 0.3) is 6.08 Å². The minimum atomic E-state index is -1.000. The van der Waals surface area contributed by atoms with Gasteiger partial charge in [-0.3, -0.25) is 4.79 Å². The van der Waals surface area contributed by atoms with Crippen LogP contribution in [0.3, 0.4) is 0 Å². The van der Waals surface area contributed by atoms with Gasteiger partial charge in [-0.05, 0) is 47.0 Å². The molecule has 0 aliphatic rings. The van der Waals surface area contributed by atoms with Crippen LogP contribution in [0.2, 0.25) is 0 Å². The second-order valence-electron chi connectivity index (χ2n) is 4.01. The number of carbonyl (C=O) groups excluding carboxylic acids is 1. The van der Waals surface area contributed by atoms with Crippen molar-refractivity contribution < 1.29 is 14.7 Å². The third kappa shape index (κ3) is 4.32. The lowest BCUT2D eigenvalue weighted by Gasteiger charge is -2.01. The Morgan fingerprint density at radius 3 is 2.85 bits per heavy atom. The van der Waals surface area contributed by atoms with Crippen molar-refractivity contribution in [3.8, 4) is 0 Å². The fraction of sp³-hybridized carbons (Fsp3) is 0.143. The summed E-state index contributed by atoms with van der Waals surface area (Å²) in [5.41, 5.74) is 1.21. The fourth-order valence-electron chi connectivity index (χ4n) is 1.56. The van der Waals surface area contributed by atoms with Crippen LogP contribution in [-0.2, 0) is 11.2 Å². The third-order valence-corrected chi connectivity index (χ3v) is 4.30. The van der Waals surface area contributed by atoms with E-state index >= 15 is 0 Å². The molecule has 0 fully saturated rings. The van der Waals surface area contributed by atoms with Crippen molar-refractivity contribution in [2.45, 2.75) is 6.42 Å². The number of amides is 1. The van der Waals surface area contributed by atoms with Crippen molar-refractivity contribution in [3.05, 3.63) is 50.4 Å². The Kier molecular flexibility index (Phi) is 5.09. The van der Waals surface area contributed by atoms with Gasteiger partial charge in [0.15, 0.2) is 0 Å². The van der Waals surface area contributed by atoms with Crippen LogP contribution in [0, 0.1) is 0 Å². The summed E-state index contributed by atoms with van der Waals surface area (Å²) in [6.45, 7) is 0.591. The first-order chi connectivity index (χ1) is 9.65. The average Bonchev–Trinajstić information content (AvgIpc) is 3.07. The van der Waals surface area contributed by atoms with Crippen molar-refractivity contribution in [2.75, 3.05) is 6.54 Å². The van der Waals surface area contributed by atoms with Crippen LogP contribution < -0.4 is 5.32 Å². The third-order valence-electron chi connectivity index (χ3n) is 2.52. The molecular weight excluding hydrogens is 294 g/mol. The normalized spacial score (nSPS) is 10.8. The molecule has 0 saturated carbocycles. The molecule has 0 spiro atoms. The van der Waals surface area contributed by atoms with Gasteiger partial charge in [0, 0.05) is 17.5 Å². The Labute approximate surface area is 124 Å². The number of nitrogens with one attached hydrogen (secondary N) is 1. The van der Waals surface area contributed by atoms with Crippen LogP contribution in [-0.4, -0.2) is 23.5 Å². The van der Waals surface area contributed by atoms with E-state index in [0.29, 0.717) is 11.4 Å². The molecule has 0 atom stereocenters.